The number of rotatable bonds is 7. The molecule has 26 heavy (non-hydrogen) atoms. The molecule has 5 nitrogen and oxygen atoms in total. The third kappa shape index (κ3) is 4.60. The lowest BCUT2D eigenvalue weighted by Gasteiger charge is -2.18. The van der Waals surface area contributed by atoms with E-state index in [0.717, 1.165) is 17.6 Å². The number of halogens is 1. The first-order valence-corrected chi connectivity index (χ1v) is 9.16. The van der Waals surface area contributed by atoms with E-state index in [1.807, 2.05) is 30.1 Å². The number of anilines is 1. The predicted molar refractivity (Wildman–Crippen MR) is 99.1 cm³/mol. The molecule has 1 aliphatic heterocycles. The van der Waals surface area contributed by atoms with Gasteiger partial charge in [0, 0.05) is 13.2 Å². The largest absolute Gasteiger partial charge is 0.489 e. The van der Waals surface area contributed by atoms with Crippen molar-refractivity contribution in [1.29, 1.82) is 0 Å². The summed E-state index contributed by atoms with van der Waals surface area (Å²) in [5.74, 6) is 0.438. The molecule has 0 radical (unpaired) electrons. The summed E-state index contributed by atoms with van der Waals surface area (Å²) in [4.78, 5) is 29.1. The van der Waals surface area contributed by atoms with Crippen molar-refractivity contribution in [2.24, 2.45) is 0 Å². The van der Waals surface area contributed by atoms with Crippen molar-refractivity contribution in [2.45, 2.75) is 18.1 Å². The van der Waals surface area contributed by atoms with Gasteiger partial charge in [-0.25, -0.2) is 9.37 Å². The maximum Gasteiger partial charge on any atom is 0.197 e. The van der Waals surface area contributed by atoms with Gasteiger partial charge >= 0.3 is 0 Å². The number of hydrogen-bond donors (Lipinski definition) is 0. The second-order valence-corrected chi connectivity index (χ2v) is 7.31. The highest BCUT2D eigenvalue weighted by atomic mass is 32.2. The molecule has 1 saturated heterocycles. The van der Waals surface area contributed by atoms with E-state index < -0.39 is 11.1 Å². The first-order chi connectivity index (χ1) is 12.5. The maximum absolute atomic E-state index is 14.2. The van der Waals surface area contributed by atoms with Gasteiger partial charge in [0.1, 0.15) is 12.4 Å². The van der Waals surface area contributed by atoms with Crippen LogP contribution in [-0.4, -0.2) is 41.3 Å². The van der Waals surface area contributed by atoms with Crippen molar-refractivity contribution in [1.82, 2.24) is 4.98 Å². The van der Waals surface area contributed by atoms with E-state index in [-0.39, 0.29) is 23.1 Å². The molecule has 0 bridgehead atoms. The van der Waals surface area contributed by atoms with Gasteiger partial charge in [0.15, 0.2) is 22.5 Å². The summed E-state index contributed by atoms with van der Waals surface area (Å²) in [6, 6.07) is 10.3. The van der Waals surface area contributed by atoms with Gasteiger partial charge in [-0.3, -0.25) is 9.59 Å². The molecular weight excluding hydrogens is 355 g/mol. The van der Waals surface area contributed by atoms with Crippen molar-refractivity contribution in [2.75, 3.05) is 25.1 Å². The van der Waals surface area contributed by atoms with Crippen molar-refractivity contribution in [3.05, 3.63) is 54.0 Å². The van der Waals surface area contributed by atoms with Crippen LogP contribution in [-0.2, 0) is 16.0 Å². The lowest BCUT2D eigenvalue weighted by atomic mass is 10.1. The molecule has 3 rings (SSSR count). The first-order valence-electron chi connectivity index (χ1n) is 8.28. The molecule has 1 aliphatic rings. The minimum atomic E-state index is -0.468. The van der Waals surface area contributed by atoms with E-state index in [9.17, 15) is 14.0 Å². The summed E-state index contributed by atoms with van der Waals surface area (Å²) in [6.07, 6.45) is 2.05. The first kappa shape index (κ1) is 18.4. The Morgan fingerprint density at radius 3 is 2.81 bits per heavy atom. The molecular formula is C19H19FN2O3S. The van der Waals surface area contributed by atoms with Crippen molar-refractivity contribution in [3.63, 3.8) is 0 Å². The van der Waals surface area contributed by atoms with E-state index in [2.05, 4.69) is 4.98 Å². The van der Waals surface area contributed by atoms with Crippen LogP contribution in [0.2, 0.25) is 0 Å². The fraction of sp³-hybridized carbons (Fsp3) is 0.316. The number of thioether (sulfide) groups is 1. The number of carbonyl (C=O) groups is 2. The lowest BCUT2D eigenvalue weighted by molar-refractivity contribution is -0.121. The van der Waals surface area contributed by atoms with Crippen LogP contribution in [0.1, 0.15) is 12.0 Å². The molecule has 2 heterocycles. The van der Waals surface area contributed by atoms with Gasteiger partial charge in [0.25, 0.3) is 0 Å². The molecule has 1 unspecified atom stereocenters. The predicted octanol–water partition coefficient (Wildman–Crippen LogP) is 2.88. The average molecular weight is 374 g/mol. The van der Waals surface area contributed by atoms with Gasteiger partial charge in [-0.15, -0.1) is 0 Å². The molecule has 7 heteroatoms. The molecule has 0 spiro atoms. The minimum Gasteiger partial charge on any atom is -0.489 e. The Hall–Kier alpha value is -2.41. The van der Waals surface area contributed by atoms with Crippen LogP contribution in [0.25, 0.3) is 0 Å². The van der Waals surface area contributed by atoms with Crippen molar-refractivity contribution in [3.8, 4) is 5.75 Å². The number of likely N-dealkylation sites (N-methyl/N-ethyl adjacent to an activating group) is 1. The summed E-state index contributed by atoms with van der Waals surface area (Å²) >= 11 is 1.04. The Balaban J connectivity index is 1.53. The van der Waals surface area contributed by atoms with Gasteiger partial charge in [0.2, 0.25) is 0 Å². The number of hydrogen-bond acceptors (Lipinski definition) is 6. The van der Waals surface area contributed by atoms with Gasteiger partial charge in [-0.2, -0.15) is 0 Å². The summed E-state index contributed by atoms with van der Waals surface area (Å²) in [5.41, 5.74) is 0.681. The summed E-state index contributed by atoms with van der Waals surface area (Å²) < 4.78 is 19.8. The second kappa shape index (κ2) is 8.31. The lowest BCUT2D eigenvalue weighted by Crippen LogP contribution is -2.24. The molecule has 0 amide bonds. The zero-order valence-corrected chi connectivity index (χ0v) is 15.2. The summed E-state index contributed by atoms with van der Waals surface area (Å²) in [6.45, 7) is 0.877. The van der Waals surface area contributed by atoms with Crippen LogP contribution in [0.15, 0.2) is 42.6 Å². The zero-order chi connectivity index (χ0) is 18.5. The molecule has 1 fully saturated rings. The average Bonchev–Trinajstić information content (AvgIpc) is 2.94. The number of nitrogens with zero attached hydrogens (tertiary/aromatic N) is 2. The molecule has 1 aromatic heterocycles. The third-order valence-corrected chi connectivity index (χ3v) is 5.21. The van der Waals surface area contributed by atoms with Crippen LogP contribution in [0.4, 0.5) is 10.2 Å². The van der Waals surface area contributed by atoms with Crippen LogP contribution in [0.3, 0.4) is 0 Å². The van der Waals surface area contributed by atoms with E-state index in [1.165, 1.54) is 6.07 Å². The number of ether oxygens (including phenoxy) is 1. The Labute approximate surface area is 155 Å². The standard InChI is InChI=1S/C19H19FN2O3S/c1-22(18-4-2-3-7-21-18)8-9-25-16-6-5-13(10-14(16)20)11-17-15(23)12-19(24)26-17/h2-7,10,17H,8-9,11-12H2,1H3. The number of carbonyl (C=O) groups excluding carboxylic acids is 2. The molecule has 1 atom stereocenters. The highest BCUT2D eigenvalue weighted by molar-refractivity contribution is 8.15. The number of benzene rings is 1. The third-order valence-electron chi connectivity index (χ3n) is 4.09. The van der Waals surface area contributed by atoms with Gasteiger partial charge < -0.3 is 9.64 Å². The van der Waals surface area contributed by atoms with E-state index in [4.69, 9.17) is 4.74 Å². The Bertz CT molecular complexity index is 801. The van der Waals surface area contributed by atoms with Gasteiger partial charge in [-0.1, -0.05) is 23.9 Å². The number of ketones is 1. The van der Waals surface area contributed by atoms with Crippen molar-refractivity contribution >= 4 is 28.5 Å². The Kier molecular flexibility index (Phi) is 5.88. The number of Topliss-reactive ketones (excluding diaryl/α,β-unsaturated/α-hetero) is 1. The van der Waals surface area contributed by atoms with Crippen LogP contribution in [0.5, 0.6) is 5.75 Å². The number of aromatic nitrogens is 1. The SMILES string of the molecule is CN(CCOc1ccc(CC2SC(=O)CC2=O)cc1F)c1ccccn1. The van der Waals surface area contributed by atoms with Crippen LogP contribution >= 0.6 is 11.8 Å². The normalized spacial score (nSPS) is 16.8. The summed E-state index contributed by atoms with van der Waals surface area (Å²) in [5, 5.41) is -0.516. The van der Waals surface area contributed by atoms with Gasteiger partial charge in [-0.05, 0) is 36.2 Å². The molecule has 0 saturated carbocycles. The topological polar surface area (TPSA) is 59.5 Å². The molecule has 0 N–H and O–H groups in total. The van der Waals surface area contributed by atoms with Crippen LogP contribution in [0, 0.1) is 5.82 Å². The molecule has 1 aromatic carbocycles. The van der Waals surface area contributed by atoms with Crippen LogP contribution < -0.4 is 9.64 Å². The fourth-order valence-electron chi connectivity index (χ4n) is 2.67. The molecule has 136 valence electrons. The quantitative estimate of drug-likeness (QED) is 0.695. The van der Waals surface area contributed by atoms with E-state index in [1.54, 1.807) is 18.3 Å². The van der Waals surface area contributed by atoms with E-state index >= 15 is 0 Å². The highest BCUT2D eigenvalue weighted by Gasteiger charge is 2.31. The molecule has 0 aliphatic carbocycles. The van der Waals surface area contributed by atoms with Crippen molar-refractivity contribution < 1.29 is 18.7 Å². The highest BCUT2D eigenvalue weighted by Crippen LogP contribution is 2.29. The Morgan fingerprint density at radius 1 is 1.31 bits per heavy atom. The molecule has 2 aromatic rings. The Morgan fingerprint density at radius 2 is 2.15 bits per heavy atom. The fourth-order valence-corrected chi connectivity index (χ4v) is 3.70. The minimum absolute atomic E-state index is 0.0250. The zero-order valence-electron chi connectivity index (χ0n) is 14.4. The monoisotopic (exact) mass is 374 g/mol. The van der Waals surface area contributed by atoms with Gasteiger partial charge in [0.05, 0.1) is 18.2 Å². The van der Waals surface area contributed by atoms with E-state index in [0.29, 0.717) is 25.1 Å². The summed E-state index contributed by atoms with van der Waals surface area (Å²) in [7, 11) is 1.89. The second-order valence-electron chi connectivity index (χ2n) is 6.05. The number of pyridine rings is 1. The smallest absolute Gasteiger partial charge is 0.197 e. The maximum atomic E-state index is 14.2.